The van der Waals surface area contributed by atoms with E-state index in [2.05, 4.69) is 5.16 Å². The summed E-state index contributed by atoms with van der Waals surface area (Å²) in [7, 11) is 0. The van der Waals surface area contributed by atoms with Crippen molar-refractivity contribution >= 4 is 29.5 Å². The highest BCUT2D eigenvalue weighted by Gasteiger charge is 2.59. The smallest absolute Gasteiger partial charge is 0.303 e. The Hall–Kier alpha value is -2.83. The molecular weight excluding hydrogens is 500 g/mol. The Morgan fingerprint density at radius 2 is 1.84 bits per heavy atom. The van der Waals surface area contributed by atoms with Gasteiger partial charge in [0.25, 0.3) is 0 Å². The fourth-order valence-electron chi connectivity index (χ4n) is 6.16. The number of oxime groups is 1. The van der Waals surface area contributed by atoms with Crippen molar-refractivity contribution in [2.45, 2.75) is 77.0 Å². The largest absolute Gasteiger partial charge is 0.463 e. The van der Waals surface area contributed by atoms with Crippen molar-refractivity contribution in [1.82, 2.24) is 4.90 Å². The van der Waals surface area contributed by atoms with Crippen LogP contribution in [-0.2, 0) is 38.2 Å². The first-order valence-electron chi connectivity index (χ1n) is 13.2. The van der Waals surface area contributed by atoms with E-state index in [0.717, 1.165) is 0 Å². The molecule has 38 heavy (non-hydrogen) atoms. The molecule has 0 aromatic rings. The summed E-state index contributed by atoms with van der Waals surface area (Å²) < 4.78 is 16.2. The van der Waals surface area contributed by atoms with Gasteiger partial charge in [-0.3, -0.25) is 24.1 Å². The molecule has 0 bridgehead atoms. The average molecular weight is 537 g/mol. The maximum Gasteiger partial charge on any atom is 0.303 e. The molecule has 3 fully saturated rings. The Labute approximate surface area is 220 Å². The van der Waals surface area contributed by atoms with Gasteiger partial charge in [0.1, 0.15) is 25.4 Å². The minimum absolute atomic E-state index is 0.0700. The van der Waals surface area contributed by atoms with E-state index in [1.807, 2.05) is 0 Å². The molecule has 210 valence electrons. The van der Waals surface area contributed by atoms with Gasteiger partial charge in [-0.05, 0) is 25.8 Å². The number of aliphatic hydroxyl groups is 2. The zero-order valence-corrected chi connectivity index (χ0v) is 21.9. The molecule has 0 unspecified atom stereocenters. The van der Waals surface area contributed by atoms with E-state index in [4.69, 9.17) is 19.0 Å². The summed E-state index contributed by atoms with van der Waals surface area (Å²) in [4.78, 5) is 55.1. The lowest BCUT2D eigenvalue weighted by atomic mass is 9.60. The number of esters is 2. The van der Waals surface area contributed by atoms with Crippen LogP contribution in [0.5, 0.6) is 0 Å². The van der Waals surface area contributed by atoms with Crippen molar-refractivity contribution in [3.63, 3.8) is 0 Å². The van der Waals surface area contributed by atoms with E-state index in [1.54, 1.807) is 19.1 Å². The fourth-order valence-corrected chi connectivity index (χ4v) is 6.16. The van der Waals surface area contributed by atoms with Gasteiger partial charge in [-0.25, -0.2) is 0 Å². The van der Waals surface area contributed by atoms with Crippen LogP contribution in [0.2, 0.25) is 0 Å². The van der Waals surface area contributed by atoms with Crippen molar-refractivity contribution in [3.05, 3.63) is 12.2 Å². The predicted molar refractivity (Wildman–Crippen MR) is 130 cm³/mol. The molecule has 2 saturated carbocycles. The van der Waals surface area contributed by atoms with Gasteiger partial charge in [-0.15, -0.1) is 0 Å². The van der Waals surface area contributed by atoms with Crippen LogP contribution in [-0.4, -0.2) is 94.9 Å². The highest BCUT2D eigenvalue weighted by molar-refractivity contribution is 6.06. The van der Waals surface area contributed by atoms with Crippen LogP contribution in [0, 0.1) is 23.7 Å². The molecule has 1 saturated heterocycles. The molecule has 2 amide bonds. The minimum Gasteiger partial charge on any atom is -0.463 e. The van der Waals surface area contributed by atoms with Crippen LogP contribution in [0.4, 0.5) is 0 Å². The van der Waals surface area contributed by atoms with Crippen LogP contribution in [0.25, 0.3) is 0 Å². The molecule has 2 aliphatic heterocycles. The number of carbonyl (C=O) groups excluding carboxylic acids is 4. The summed E-state index contributed by atoms with van der Waals surface area (Å²) in [6.45, 7) is 4.69. The Morgan fingerprint density at radius 3 is 2.53 bits per heavy atom. The molecule has 0 spiro atoms. The van der Waals surface area contributed by atoms with Gasteiger partial charge < -0.3 is 29.3 Å². The Balaban J connectivity index is 1.38. The number of amides is 2. The van der Waals surface area contributed by atoms with E-state index in [0.29, 0.717) is 25.0 Å². The molecule has 2 heterocycles. The molecule has 4 rings (SSSR count). The van der Waals surface area contributed by atoms with Crippen LogP contribution >= 0.6 is 0 Å². The Morgan fingerprint density at radius 1 is 1.11 bits per heavy atom. The standard InChI is InChI=1S/C26H36N2O10/c1-4-28-25(33)17-7-6-16-18(11-19(31)24(32)22(16)23(17)26(28)34)27-36-10-9-15-5-8-20(37-14(3)30)21(38-15)12-35-13(2)29/h5,8,15-17,19-24,31-32H,4,6-7,9-12H2,1-3H3/b27-18+/t15-,16-,17+,19+,20-,21+,22-,23+,24+/m0/s1. The monoisotopic (exact) mass is 536 g/mol. The molecular formula is C26H36N2O10. The molecule has 0 radical (unpaired) electrons. The molecule has 12 nitrogen and oxygen atoms in total. The number of fused-ring (bicyclic) bond motifs is 3. The summed E-state index contributed by atoms with van der Waals surface area (Å²) in [5.41, 5.74) is 0.573. The third-order valence-electron chi connectivity index (χ3n) is 7.85. The number of hydrogen-bond donors (Lipinski definition) is 2. The van der Waals surface area contributed by atoms with Crippen LogP contribution in [0.3, 0.4) is 0 Å². The van der Waals surface area contributed by atoms with E-state index in [9.17, 15) is 29.4 Å². The summed E-state index contributed by atoms with van der Waals surface area (Å²) in [6.07, 6.45) is 1.07. The lowest BCUT2D eigenvalue weighted by molar-refractivity contribution is -0.164. The minimum atomic E-state index is -1.12. The van der Waals surface area contributed by atoms with E-state index < -0.39 is 60.2 Å². The number of imide groups is 1. The summed E-state index contributed by atoms with van der Waals surface area (Å²) in [6, 6.07) is 0. The number of nitrogens with zero attached hydrogens (tertiary/aromatic N) is 2. The second kappa shape index (κ2) is 11.9. The van der Waals surface area contributed by atoms with Crippen molar-refractivity contribution in [3.8, 4) is 0 Å². The van der Waals surface area contributed by atoms with E-state index in [1.165, 1.54) is 18.7 Å². The van der Waals surface area contributed by atoms with Crippen molar-refractivity contribution in [2.24, 2.45) is 28.8 Å². The summed E-state index contributed by atoms with van der Waals surface area (Å²) >= 11 is 0. The third-order valence-corrected chi connectivity index (χ3v) is 7.85. The van der Waals surface area contributed by atoms with E-state index in [-0.39, 0.29) is 43.9 Å². The van der Waals surface area contributed by atoms with Gasteiger partial charge in [-0.1, -0.05) is 11.2 Å². The van der Waals surface area contributed by atoms with Crippen LogP contribution < -0.4 is 0 Å². The second-order valence-electron chi connectivity index (χ2n) is 10.3. The number of hydrogen-bond acceptors (Lipinski definition) is 11. The third kappa shape index (κ3) is 5.76. The topological polar surface area (TPSA) is 161 Å². The van der Waals surface area contributed by atoms with Gasteiger partial charge in [0.15, 0.2) is 0 Å². The average Bonchev–Trinajstić information content (AvgIpc) is 3.12. The van der Waals surface area contributed by atoms with Crippen molar-refractivity contribution in [1.29, 1.82) is 0 Å². The normalized spacial score (nSPS) is 37.6. The fraction of sp³-hybridized carbons (Fsp3) is 0.731. The quantitative estimate of drug-likeness (QED) is 0.145. The first-order chi connectivity index (χ1) is 18.1. The maximum atomic E-state index is 13.0. The molecule has 2 N–H and O–H groups in total. The number of rotatable bonds is 8. The SMILES string of the molecule is CCN1C(=O)[C@H]2[C@H]3[C@H](O)[C@H](O)C/C(=N\OCC[C@@H]4C=C[C@H](OC(C)=O)[C@@H](COC(C)=O)O4)[C@@H]3CC[C@H]2C1=O. The van der Waals surface area contributed by atoms with Gasteiger partial charge in [-0.2, -0.15) is 0 Å². The highest BCUT2D eigenvalue weighted by Crippen LogP contribution is 2.49. The molecule has 12 heteroatoms. The van der Waals surface area contributed by atoms with Gasteiger partial charge >= 0.3 is 11.9 Å². The van der Waals surface area contributed by atoms with E-state index >= 15 is 0 Å². The number of carbonyl (C=O) groups is 4. The van der Waals surface area contributed by atoms with Crippen LogP contribution in [0.15, 0.2) is 17.3 Å². The number of aliphatic hydroxyl groups excluding tert-OH is 2. The number of ether oxygens (including phenoxy) is 3. The van der Waals surface area contributed by atoms with Gasteiger partial charge in [0.05, 0.1) is 35.9 Å². The lowest BCUT2D eigenvalue weighted by Gasteiger charge is -2.45. The predicted octanol–water partition coefficient (Wildman–Crippen LogP) is 0.340. The molecule has 0 aromatic heterocycles. The molecule has 0 aromatic carbocycles. The zero-order chi connectivity index (χ0) is 27.6. The summed E-state index contributed by atoms with van der Waals surface area (Å²) in [5.74, 6) is -3.46. The van der Waals surface area contributed by atoms with Crippen molar-refractivity contribution < 1.29 is 48.4 Å². The first kappa shape index (κ1) is 28.2. The van der Waals surface area contributed by atoms with Crippen LogP contribution in [0.1, 0.15) is 46.5 Å². The molecule has 2 aliphatic carbocycles. The second-order valence-corrected chi connectivity index (χ2v) is 10.3. The summed E-state index contributed by atoms with van der Waals surface area (Å²) in [5, 5.41) is 25.6. The lowest BCUT2D eigenvalue weighted by Crippen LogP contribution is -2.54. The first-order valence-corrected chi connectivity index (χ1v) is 13.2. The van der Waals surface area contributed by atoms with Gasteiger partial charge in [0, 0.05) is 45.1 Å². The number of likely N-dealkylation sites (tertiary alicyclic amines) is 1. The molecule has 9 atom stereocenters. The van der Waals surface area contributed by atoms with Gasteiger partial charge in [0.2, 0.25) is 11.8 Å². The maximum absolute atomic E-state index is 13.0. The highest BCUT2D eigenvalue weighted by atomic mass is 16.6. The van der Waals surface area contributed by atoms with Crippen molar-refractivity contribution in [2.75, 3.05) is 19.8 Å². The Kier molecular flexibility index (Phi) is 8.84. The molecule has 4 aliphatic rings. The Bertz CT molecular complexity index is 997. The zero-order valence-electron chi connectivity index (χ0n) is 21.9.